The summed E-state index contributed by atoms with van der Waals surface area (Å²) in [5, 5.41) is 9.68. The lowest BCUT2D eigenvalue weighted by atomic mass is 9.79. The summed E-state index contributed by atoms with van der Waals surface area (Å²) in [6.45, 7) is 10.4. The maximum Gasteiger partial charge on any atom is 0.163 e. The van der Waals surface area contributed by atoms with Crippen LogP contribution in [0.2, 0.25) is 0 Å². The molecule has 0 bridgehead atoms. The van der Waals surface area contributed by atoms with Gasteiger partial charge in [0.05, 0.1) is 18.8 Å². The minimum absolute atomic E-state index is 0.0613. The van der Waals surface area contributed by atoms with Crippen LogP contribution < -0.4 is 0 Å². The molecule has 1 rings (SSSR count). The quantitative estimate of drug-likeness (QED) is 0.743. The number of rotatable bonds is 2. The number of ether oxygens (including phenoxy) is 2. The summed E-state index contributed by atoms with van der Waals surface area (Å²) in [5.74, 6) is -0.519. The highest BCUT2D eigenvalue weighted by atomic mass is 16.7. The Balaban J connectivity index is 2.69. The minimum Gasteiger partial charge on any atom is -0.393 e. The molecule has 84 valence electrons. The molecule has 1 fully saturated rings. The summed E-state index contributed by atoms with van der Waals surface area (Å²) >= 11 is 0. The van der Waals surface area contributed by atoms with E-state index in [1.165, 1.54) is 0 Å². The maximum absolute atomic E-state index is 9.68. The van der Waals surface area contributed by atoms with Gasteiger partial charge in [0.1, 0.15) is 0 Å². The van der Waals surface area contributed by atoms with Crippen molar-refractivity contribution in [2.24, 2.45) is 5.41 Å². The van der Waals surface area contributed by atoms with Gasteiger partial charge in [0.2, 0.25) is 0 Å². The first-order valence-electron chi connectivity index (χ1n) is 5.25. The Kier molecular flexibility index (Phi) is 3.24. The Morgan fingerprint density at radius 2 is 2.00 bits per heavy atom. The van der Waals surface area contributed by atoms with Gasteiger partial charge in [0.25, 0.3) is 0 Å². The molecule has 3 nitrogen and oxygen atoms in total. The summed E-state index contributed by atoms with van der Waals surface area (Å²) in [7, 11) is 0. The highest BCUT2D eigenvalue weighted by Crippen LogP contribution is 2.35. The Labute approximate surface area is 86.4 Å². The lowest BCUT2D eigenvalue weighted by Crippen LogP contribution is -2.49. The van der Waals surface area contributed by atoms with Crippen molar-refractivity contribution in [3.63, 3.8) is 0 Å². The third-order valence-corrected chi connectivity index (χ3v) is 3.16. The number of hydrogen-bond acceptors (Lipinski definition) is 3. The maximum atomic E-state index is 9.68. The Bertz CT molecular complexity index is 197. The zero-order chi connectivity index (χ0) is 11.0. The van der Waals surface area contributed by atoms with E-state index in [1.54, 1.807) is 0 Å². The molecule has 1 N–H and O–H groups in total. The van der Waals surface area contributed by atoms with Crippen molar-refractivity contribution in [2.45, 2.75) is 59.0 Å². The second kappa shape index (κ2) is 3.80. The van der Waals surface area contributed by atoms with Crippen molar-refractivity contribution in [1.82, 2.24) is 0 Å². The van der Waals surface area contributed by atoms with E-state index in [9.17, 15) is 5.11 Å². The van der Waals surface area contributed by atoms with Crippen LogP contribution in [0.5, 0.6) is 0 Å². The van der Waals surface area contributed by atoms with Crippen LogP contribution in [0, 0.1) is 5.41 Å². The van der Waals surface area contributed by atoms with Gasteiger partial charge in [0.15, 0.2) is 5.79 Å². The van der Waals surface area contributed by atoms with E-state index < -0.39 is 5.79 Å². The smallest absolute Gasteiger partial charge is 0.163 e. The first-order chi connectivity index (χ1) is 6.26. The van der Waals surface area contributed by atoms with Gasteiger partial charge in [-0.3, -0.25) is 0 Å². The van der Waals surface area contributed by atoms with Crippen molar-refractivity contribution >= 4 is 0 Å². The Morgan fingerprint density at radius 3 is 2.43 bits per heavy atom. The number of hydrogen-bond donors (Lipinski definition) is 1. The highest BCUT2D eigenvalue weighted by Gasteiger charge is 2.41. The molecule has 1 heterocycles. The van der Waals surface area contributed by atoms with Crippen LogP contribution in [-0.4, -0.2) is 29.7 Å². The van der Waals surface area contributed by atoms with Gasteiger partial charge in [-0.25, -0.2) is 0 Å². The molecule has 0 spiro atoms. The van der Waals surface area contributed by atoms with E-state index in [0.29, 0.717) is 6.61 Å². The zero-order valence-corrected chi connectivity index (χ0v) is 9.83. The van der Waals surface area contributed by atoms with Gasteiger partial charge in [-0.1, -0.05) is 13.8 Å². The SMILES string of the molecule is CC(O)C(C)(C)[C@@H]1CCOC(C)(C)O1. The van der Waals surface area contributed by atoms with Crippen molar-refractivity contribution in [2.75, 3.05) is 6.61 Å². The molecule has 1 unspecified atom stereocenters. The zero-order valence-electron chi connectivity index (χ0n) is 9.83. The monoisotopic (exact) mass is 202 g/mol. The first-order valence-corrected chi connectivity index (χ1v) is 5.25. The standard InChI is InChI=1S/C11H22O3/c1-8(12)10(2,3)9-6-7-13-11(4,5)14-9/h8-9,12H,6-7H2,1-5H3/t8?,9-/m0/s1. The molecular formula is C11H22O3. The topological polar surface area (TPSA) is 38.7 Å². The van der Waals surface area contributed by atoms with Crippen molar-refractivity contribution in [3.05, 3.63) is 0 Å². The molecular weight excluding hydrogens is 180 g/mol. The fourth-order valence-corrected chi connectivity index (χ4v) is 1.64. The van der Waals surface area contributed by atoms with Crippen LogP contribution >= 0.6 is 0 Å². The van der Waals surface area contributed by atoms with Crippen LogP contribution in [0.15, 0.2) is 0 Å². The Morgan fingerprint density at radius 1 is 1.43 bits per heavy atom. The second-order valence-corrected chi connectivity index (χ2v) is 5.14. The fraction of sp³-hybridized carbons (Fsp3) is 1.00. The lowest BCUT2D eigenvalue weighted by Gasteiger charge is -2.44. The molecule has 0 aromatic carbocycles. The molecule has 3 heteroatoms. The van der Waals surface area contributed by atoms with Crippen LogP contribution in [0.1, 0.15) is 41.0 Å². The average Bonchev–Trinajstić information content (AvgIpc) is 2.02. The van der Waals surface area contributed by atoms with Crippen LogP contribution in [0.4, 0.5) is 0 Å². The van der Waals surface area contributed by atoms with E-state index in [1.807, 2.05) is 34.6 Å². The van der Waals surface area contributed by atoms with E-state index in [4.69, 9.17) is 9.47 Å². The lowest BCUT2D eigenvalue weighted by molar-refractivity contribution is -0.298. The summed E-state index contributed by atoms with van der Waals surface area (Å²) < 4.78 is 11.3. The molecule has 0 amide bonds. The highest BCUT2D eigenvalue weighted by molar-refractivity contribution is 4.86. The van der Waals surface area contributed by atoms with Crippen LogP contribution in [-0.2, 0) is 9.47 Å². The molecule has 0 radical (unpaired) electrons. The molecule has 0 saturated carbocycles. The van der Waals surface area contributed by atoms with E-state index in [0.717, 1.165) is 6.42 Å². The summed E-state index contributed by atoms with van der Waals surface area (Å²) in [6, 6.07) is 0. The third-order valence-electron chi connectivity index (χ3n) is 3.16. The molecule has 0 aliphatic carbocycles. The second-order valence-electron chi connectivity index (χ2n) is 5.14. The summed E-state index contributed by atoms with van der Waals surface area (Å²) in [6.07, 6.45) is 0.536. The van der Waals surface area contributed by atoms with Crippen LogP contribution in [0.25, 0.3) is 0 Å². The predicted molar refractivity (Wildman–Crippen MR) is 55.0 cm³/mol. The molecule has 1 aliphatic heterocycles. The van der Waals surface area contributed by atoms with Crippen molar-refractivity contribution in [3.8, 4) is 0 Å². The van der Waals surface area contributed by atoms with Crippen LogP contribution in [0.3, 0.4) is 0 Å². The van der Waals surface area contributed by atoms with E-state index >= 15 is 0 Å². The Hall–Kier alpha value is -0.120. The first kappa shape index (κ1) is 12.0. The average molecular weight is 202 g/mol. The van der Waals surface area contributed by atoms with Gasteiger partial charge in [-0.15, -0.1) is 0 Å². The van der Waals surface area contributed by atoms with E-state index in [-0.39, 0.29) is 17.6 Å². The number of aliphatic hydroxyl groups is 1. The molecule has 1 aliphatic rings. The van der Waals surface area contributed by atoms with Gasteiger partial charge in [-0.05, 0) is 27.2 Å². The molecule has 14 heavy (non-hydrogen) atoms. The van der Waals surface area contributed by atoms with E-state index in [2.05, 4.69) is 0 Å². The largest absolute Gasteiger partial charge is 0.393 e. The fourth-order valence-electron chi connectivity index (χ4n) is 1.64. The molecule has 0 aromatic rings. The normalized spacial score (nSPS) is 30.0. The van der Waals surface area contributed by atoms with Gasteiger partial charge >= 0.3 is 0 Å². The van der Waals surface area contributed by atoms with Crippen molar-refractivity contribution in [1.29, 1.82) is 0 Å². The van der Waals surface area contributed by atoms with Gasteiger partial charge in [-0.2, -0.15) is 0 Å². The molecule has 0 aromatic heterocycles. The predicted octanol–water partition coefficient (Wildman–Crippen LogP) is 1.93. The summed E-state index contributed by atoms with van der Waals surface area (Å²) in [5.41, 5.74) is -0.221. The minimum atomic E-state index is -0.519. The van der Waals surface area contributed by atoms with Crippen molar-refractivity contribution < 1.29 is 14.6 Å². The van der Waals surface area contributed by atoms with Gasteiger partial charge in [0, 0.05) is 5.41 Å². The molecule has 2 atom stereocenters. The van der Waals surface area contributed by atoms with Gasteiger partial charge < -0.3 is 14.6 Å². The third kappa shape index (κ3) is 2.47. The molecule has 1 saturated heterocycles. The number of aliphatic hydroxyl groups excluding tert-OH is 1. The summed E-state index contributed by atoms with van der Waals surface area (Å²) in [4.78, 5) is 0.